The number of carbonyl (C=O) groups excluding carboxylic acids is 1. The summed E-state index contributed by atoms with van der Waals surface area (Å²) in [6, 6.07) is 9.62. The molecule has 0 radical (unpaired) electrons. The molecule has 0 aliphatic heterocycles. The molecule has 1 aromatic carbocycles. The minimum Gasteiger partial charge on any atom is -0.363 e. The van der Waals surface area contributed by atoms with Crippen LogP contribution in [0.25, 0.3) is 11.3 Å². The molecule has 0 saturated heterocycles. The molecular weight excluding hydrogens is 202 g/mol. The third-order valence-electron chi connectivity index (χ3n) is 2.19. The second kappa shape index (κ2) is 4.10. The van der Waals surface area contributed by atoms with Crippen LogP contribution >= 0.6 is 0 Å². The lowest BCUT2D eigenvalue weighted by Gasteiger charge is -2.02. The van der Waals surface area contributed by atoms with E-state index in [9.17, 15) is 4.79 Å². The topological polar surface area (TPSA) is 68.9 Å². The molecule has 0 bridgehead atoms. The molecule has 2 rings (SSSR count). The predicted octanol–water partition coefficient (Wildman–Crippen LogP) is 1.55. The first kappa shape index (κ1) is 10.3. The maximum atomic E-state index is 10.9. The van der Waals surface area contributed by atoms with Crippen molar-refractivity contribution in [1.29, 1.82) is 0 Å². The van der Waals surface area contributed by atoms with E-state index in [0.717, 1.165) is 11.1 Å². The van der Waals surface area contributed by atoms with Crippen LogP contribution in [0.3, 0.4) is 0 Å². The van der Waals surface area contributed by atoms with Crippen molar-refractivity contribution in [3.05, 3.63) is 47.9 Å². The number of hydrogen-bond donors (Lipinski definition) is 1. The normalized spacial score (nSPS) is 10.1. The average molecular weight is 213 g/mol. The minimum atomic E-state index is -0.616. The summed E-state index contributed by atoms with van der Waals surface area (Å²) in [5.74, 6) is -0.575. The molecule has 0 aliphatic carbocycles. The van der Waals surface area contributed by atoms with Gasteiger partial charge in [-0.05, 0) is 19.1 Å². The van der Waals surface area contributed by atoms with Crippen molar-refractivity contribution >= 4 is 5.91 Å². The Morgan fingerprint density at radius 3 is 2.81 bits per heavy atom. The van der Waals surface area contributed by atoms with Crippen molar-refractivity contribution in [3.8, 4) is 11.3 Å². The number of nitrogens with zero attached hydrogens (tertiary/aromatic N) is 2. The molecule has 4 nitrogen and oxygen atoms in total. The standard InChI is InChI=1S/C12H11N3O/c1-8-3-2-4-9(7-8)10-5-6-14-12(15-10)11(13)16/h2-7H,1H3,(H2,13,16). The van der Waals surface area contributed by atoms with Crippen LogP contribution in [0.4, 0.5) is 0 Å². The molecule has 80 valence electrons. The van der Waals surface area contributed by atoms with Gasteiger partial charge in [0.2, 0.25) is 5.82 Å². The number of aromatic nitrogens is 2. The van der Waals surface area contributed by atoms with Crippen LogP contribution in [-0.4, -0.2) is 15.9 Å². The van der Waals surface area contributed by atoms with E-state index in [2.05, 4.69) is 9.97 Å². The molecule has 0 spiro atoms. The van der Waals surface area contributed by atoms with E-state index in [1.54, 1.807) is 6.07 Å². The zero-order chi connectivity index (χ0) is 11.5. The van der Waals surface area contributed by atoms with Gasteiger partial charge in [0.05, 0.1) is 5.69 Å². The van der Waals surface area contributed by atoms with Gasteiger partial charge in [-0.3, -0.25) is 4.79 Å². The highest BCUT2D eigenvalue weighted by Crippen LogP contribution is 2.17. The Hall–Kier alpha value is -2.23. The van der Waals surface area contributed by atoms with Crippen molar-refractivity contribution in [3.63, 3.8) is 0 Å². The number of rotatable bonds is 2. The van der Waals surface area contributed by atoms with Gasteiger partial charge >= 0.3 is 0 Å². The molecule has 16 heavy (non-hydrogen) atoms. The first-order valence-corrected chi connectivity index (χ1v) is 4.87. The summed E-state index contributed by atoms with van der Waals surface area (Å²) in [4.78, 5) is 18.8. The third kappa shape index (κ3) is 2.06. The van der Waals surface area contributed by atoms with Gasteiger partial charge in [0.25, 0.3) is 5.91 Å². The number of benzene rings is 1. The lowest BCUT2D eigenvalue weighted by Crippen LogP contribution is -2.15. The van der Waals surface area contributed by atoms with Gasteiger partial charge in [-0.15, -0.1) is 0 Å². The fourth-order valence-electron chi connectivity index (χ4n) is 1.44. The Balaban J connectivity index is 2.48. The maximum absolute atomic E-state index is 10.9. The van der Waals surface area contributed by atoms with Crippen molar-refractivity contribution in [2.45, 2.75) is 6.92 Å². The molecule has 0 saturated carbocycles. The second-order valence-corrected chi connectivity index (χ2v) is 3.50. The third-order valence-corrected chi connectivity index (χ3v) is 2.19. The summed E-state index contributed by atoms with van der Waals surface area (Å²) >= 11 is 0. The zero-order valence-corrected chi connectivity index (χ0v) is 8.84. The molecule has 1 aromatic heterocycles. The Bertz CT molecular complexity index is 537. The summed E-state index contributed by atoms with van der Waals surface area (Å²) in [6.45, 7) is 2.00. The SMILES string of the molecule is Cc1cccc(-c2ccnc(C(N)=O)n2)c1. The Morgan fingerprint density at radius 1 is 1.31 bits per heavy atom. The Kier molecular flexibility index (Phi) is 2.64. The van der Waals surface area contributed by atoms with Crippen molar-refractivity contribution < 1.29 is 4.79 Å². The lowest BCUT2D eigenvalue weighted by molar-refractivity contribution is 0.0990. The van der Waals surface area contributed by atoms with Crippen LogP contribution in [0.1, 0.15) is 16.2 Å². The minimum absolute atomic E-state index is 0.0407. The van der Waals surface area contributed by atoms with Crippen molar-refractivity contribution in [2.75, 3.05) is 0 Å². The highest BCUT2D eigenvalue weighted by atomic mass is 16.1. The van der Waals surface area contributed by atoms with Crippen LogP contribution in [0, 0.1) is 6.92 Å². The van der Waals surface area contributed by atoms with E-state index < -0.39 is 5.91 Å². The Morgan fingerprint density at radius 2 is 2.12 bits per heavy atom. The van der Waals surface area contributed by atoms with Crippen LogP contribution < -0.4 is 5.73 Å². The first-order chi connectivity index (χ1) is 7.66. The quantitative estimate of drug-likeness (QED) is 0.822. The van der Waals surface area contributed by atoms with Gasteiger partial charge in [-0.25, -0.2) is 9.97 Å². The number of hydrogen-bond acceptors (Lipinski definition) is 3. The molecule has 0 atom stereocenters. The number of primary amides is 1. The molecule has 2 N–H and O–H groups in total. The molecule has 0 aliphatic rings. The molecule has 1 amide bonds. The summed E-state index contributed by atoms with van der Waals surface area (Å²) in [5, 5.41) is 0. The molecule has 1 heterocycles. The largest absolute Gasteiger partial charge is 0.363 e. The lowest BCUT2D eigenvalue weighted by atomic mass is 10.1. The van der Waals surface area contributed by atoms with Gasteiger partial charge in [0, 0.05) is 11.8 Å². The van der Waals surface area contributed by atoms with Crippen LogP contribution in [0.15, 0.2) is 36.5 Å². The Labute approximate surface area is 93.2 Å². The molecule has 4 heteroatoms. The second-order valence-electron chi connectivity index (χ2n) is 3.50. The van der Waals surface area contributed by atoms with Gasteiger partial charge in [-0.2, -0.15) is 0 Å². The number of aryl methyl sites for hydroxylation is 1. The number of carbonyl (C=O) groups is 1. The molecule has 0 fully saturated rings. The molecule has 0 unspecified atom stereocenters. The molecular formula is C12H11N3O. The first-order valence-electron chi connectivity index (χ1n) is 4.87. The van der Waals surface area contributed by atoms with Crippen LogP contribution in [-0.2, 0) is 0 Å². The summed E-state index contributed by atoms with van der Waals surface area (Å²) in [6.07, 6.45) is 1.53. The summed E-state index contributed by atoms with van der Waals surface area (Å²) in [5.41, 5.74) is 7.91. The van der Waals surface area contributed by atoms with Crippen molar-refractivity contribution in [2.24, 2.45) is 5.73 Å². The van der Waals surface area contributed by atoms with Gasteiger partial charge in [-0.1, -0.05) is 23.8 Å². The molecule has 2 aromatic rings. The van der Waals surface area contributed by atoms with Crippen LogP contribution in [0.5, 0.6) is 0 Å². The monoisotopic (exact) mass is 213 g/mol. The average Bonchev–Trinajstić information content (AvgIpc) is 2.29. The fraction of sp³-hybridized carbons (Fsp3) is 0.0833. The summed E-state index contributed by atoms with van der Waals surface area (Å²) < 4.78 is 0. The van der Waals surface area contributed by atoms with E-state index in [1.807, 2.05) is 31.2 Å². The van der Waals surface area contributed by atoms with E-state index in [4.69, 9.17) is 5.73 Å². The van der Waals surface area contributed by atoms with Gasteiger partial charge in [0.15, 0.2) is 0 Å². The number of amides is 1. The van der Waals surface area contributed by atoms with E-state index in [1.165, 1.54) is 6.20 Å². The smallest absolute Gasteiger partial charge is 0.286 e. The van der Waals surface area contributed by atoms with Gasteiger partial charge < -0.3 is 5.73 Å². The summed E-state index contributed by atoms with van der Waals surface area (Å²) in [7, 11) is 0. The van der Waals surface area contributed by atoms with Gasteiger partial charge in [0.1, 0.15) is 0 Å². The predicted molar refractivity (Wildman–Crippen MR) is 60.7 cm³/mol. The highest BCUT2D eigenvalue weighted by Gasteiger charge is 2.06. The van der Waals surface area contributed by atoms with E-state index in [0.29, 0.717) is 5.69 Å². The zero-order valence-electron chi connectivity index (χ0n) is 8.84. The van der Waals surface area contributed by atoms with Crippen molar-refractivity contribution in [1.82, 2.24) is 9.97 Å². The van der Waals surface area contributed by atoms with E-state index >= 15 is 0 Å². The maximum Gasteiger partial charge on any atom is 0.286 e. The number of nitrogens with two attached hydrogens (primary N) is 1. The van der Waals surface area contributed by atoms with E-state index in [-0.39, 0.29) is 5.82 Å². The highest BCUT2D eigenvalue weighted by molar-refractivity contribution is 5.89. The van der Waals surface area contributed by atoms with Crippen LogP contribution in [0.2, 0.25) is 0 Å². The fourth-order valence-corrected chi connectivity index (χ4v) is 1.44.